The van der Waals surface area contributed by atoms with Crippen LogP contribution in [-0.2, 0) is 0 Å². The Balaban J connectivity index is 1.38. The highest BCUT2D eigenvalue weighted by Crippen LogP contribution is 2.27. The summed E-state index contributed by atoms with van der Waals surface area (Å²) in [4.78, 5) is 22.5. The Bertz CT molecular complexity index is 1070. The molecule has 3 aromatic rings. The molecule has 0 spiro atoms. The first-order valence-electron chi connectivity index (χ1n) is 9.61. The van der Waals surface area contributed by atoms with Gasteiger partial charge in [-0.25, -0.2) is 14.4 Å². The lowest BCUT2D eigenvalue weighted by Crippen LogP contribution is -2.54. The van der Waals surface area contributed by atoms with E-state index in [-0.39, 0.29) is 17.6 Å². The van der Waals surface area contributed by atoms with Gasteiger partial charge in [-0.3, -0.25) is 4.79 Å². The molecule has 1 fully saturated rings. The van der Waals surface area contributed by atoms with E-state index in [1.165, 1.54) is 18.5 Å². The molecule has 1 aliphatic heterocycles. The summed E-state index contributed by atoms with van der Waals surface area (Å²) in [5.74, 6) is 1.17. The normalized spacial score (nSPS) is 13.6. The number of ketones is 1. The lowest BCUT2D eigenvalue weighted by atomic mass is 10.1. The summed E-state index contributed by atoms with van der Waals surface area (Å²) in [5, 5.41) is 3.54. The zero-order chi connectivity index (χ0) is 21.1. The largest absolute Gasteiger partial charge is 0.484 e. The SMILES string of the molecule is CCC(=O)c1cccc(Nc2cc(N3CC(Oc4ccc(Cl)cc4F)C3)ncn2)c1. The van der Waals surface area contributed by atoms with E-state index >= 15 is 0 Å². The van der Waals surface area contributed by atoms with Gasteiger partial charge in [0.1, 0.15) is 24.1 Å². The van der Waals surface area contributed by atoms with Crippen LogP contribution in [0, 0.1) is 5.82 Å². The van der Waals surface area contributed by atoms with Crippen LogP contribution >= 0.6 is 11.6 Å². The number of nitrogens with one attached hydrogen (secondary N) is 1. The molecule has 1 N–H and O–H groups in total. The van der Waals surface area contributed by atoms with Crippen molar-refractivity contribution in [3.63, 3.8) is 0 Å². The number of aromatic nitrogens is 2. The van der Waals surface area contributed by atoms with E-state index in [2.05, 4.69) is 15.3 Å². The number of Topliss-reactive ketones (excluding diaryl/α,β-unsaturated/α-hetero) is 1. The van der Waals surface area contributed by atoms with Crippen LogP contribution in [0.2, 0.25) is 5.02 Å². The monoisotopic (exact) mass is 426 g/mol. The van der Waals surface area contributed by atoms with Crippen molar-refractivity contribution in [3.05, 3.63) is 71.3 Å². The second-order valence-corrected chi connectivity index (χ2v) is 7.40. The average Bonchev–Trinajstić information content (AvgIpc) is 2.71. The quantitative estimate of drug-likeness (QED) is 0.543. The second kappa shape index (κ2) is 8.67. The smallest absolute Gasteiger partial charge is 0.166 e. The van der Waals surface area contributed by atoms with E-state index in [0.29, 0.717) is 35.9 Å². The number of hydrogen-bond donors (Lipinski definition) is 1. The minimum Gasteiger partial charge on any atom is -0.484 e. The summed E-state index contributed by atoms with van der Waals surface area (Å²) in [5.41, 5.74) is 1.44. The summed E-state index contributed by atoms with van der Waals surface area (Å²) in [6.45, 7) is 3.00. The molecule has 0 amide bonds. The number of hydrogen-bond acceptors (Lipinski definition) is 6. The highest BCUT2D eigenvalue weighted by atomic mass is 35.5. The molecule has 0 aliphatic carbocycles. The Kier molecular flexibility index (Phi) is 5.81. The molecule has 0 radical (unpaired) electrons. The first-order valence-corrected chi connectivity index (χ1v) is 9.98. The first kappa shape index (κ1) is 20.1. The Morgan fingerprint density at radius 2 is 2.07 bits per heavy atom. The number of nitrogens with zero attached hydrogens (tertiary/aromatic N) is 3. The summed E-state index contributed by atoms with van der Waals surface area (Å²) >= 11 is 5.77. The maximum absolute atomic E-state index is 13.9. The van der Waals surface area contributed by atoms with Crippen molar-refractivity contribution in [3.8, 4) is 5.75 Å². The maximum atomic E-state index is 13.9. The van der Waals surface area contributed by atoms with Crippen molar-refractivity contribution in [2.45, 2.75) is 19.4 Å². The minimum absolute atomic E-state index is 0.0887. The Labute approximate surface area is 178 Å². The van der Waals surface area contributed by atoms with Crippen molar-refractivity contribution in [1.29, 1.82) is 0 Å². The molecule has 0 saturated carbocycles. The zero-order valence-corrected chi connectivity index (χ0v) is 17.1. The molecule has 8 heteroatoms. The summed E-state index contributed by atoms with van der Waals surface area (Å²) in [6, 6.07) is 13.5. The molecule has 0 atom stereocenters. The van der Waals surface area contributed by atoms with E-state index in [9.17, 15) is 9.18 Å². The molecule has 0 bridgehead atoms. The number of anilines is 3. The molecular weight excluding hydrogens is 407 g/mol. The predicted molar refractivity (Wildman–Crippen MR) is 114 cm³/mol. The van der Waals surface area contributed by atoms with E-state index in [1.807, 2.05) is 36.1 Å². The van der Waals surface area contributed by atoms with Crippen LogP contribution in [0.4, 0.5) is 21.7 Å². The van der Waals surface area contributed by atoms with Crippen LogP contribution in [0.3, 0.4) is 0 Å². The number of rotatable bonds is 7. The molecule has 1 saturated heterocycles. The standard InChI is InChI=1S/C22H20ClFN4O2/c1-2-19(29)14-4-3-5-16(8-14)27-21-10-22(26-13-25-21)28-11-17(12-28)30-20-7-6-15(23)9-18(20)24/h3-10,13,17H,2,11-12H2,1H3,(H,25,26,27). The third-order valence-electron chi connectivity index (χ3n) is 4.79. The van der Waals surface area contributed by atoms with Gasteiger partial charge in [0.15, 0.2) is 17.3 Å². The number of halogens is 2. The predicted octanol–water partition coefficient (Wildman–Crippen LogP) is 4.87. The van der Waals surface area contributed by atoms with Gasteiger partial charge in [-0.1, -0.05) is 30.7 Å². The number of ether oxygens (including phenoxy) is 1. The fraction of sp³-hybridized carbons (Fsp3) is 0.227. The molecule has 1 aromatic heterocycles. The average molecular weight is 427 g/mol. The summed E-state index contributed by atoms with van der Waals surface area (Å²) in [7, 11) is 0. The van der Waals surface area contributed by atoms with Crippen LogP contribution in [0.5, 0.6) is 5.75 Å². The molecule has 30 heavy (non-hydrogen) atoms. The van der Waals surface area contributed by atoms with E-state index in [0.717, 1.165) is 11.5 Å². The van der Waals surface area contributed by atoms with Crippen molar-refractivity contribution < 1.29 is 13.9 Å². The number of carbonyl (C=O) groups excluding carboxylic acids is 1. The fourth-order valence-corrected chi connectivity index (χ4v) is 3.32. The van der Waals surface area contributed by atoms with Crippen LogP contribution in [0.25, 0.3) is 0 Å². The van der Waals surface area contributed by atoms with Gasteiger partial charge in [0.2, 0.25) is 0 Å². The van der Waals surface area contributed by atoms with Gasteiger partial charge < -0.3 is 15.0 Å². The van der Waals surface area contributed by atoms with E-state index in [4.69, 9.17) is 16.3 Å². The van der Waals surface area contributed by atoms with Crippen LogP contribution in [0.1, 0.15) is 23.7 Å². The molecular formula is C22H20ClFN4O2. The Morgan fingerprint density at radius 1 is 1.23 bits per heavy atom. The van der Waals surface area contributed by atoms with Crippen LogP contribution in [-0.4, -0.2) is 34.9 Å². The van der Waals surface area contributed by atoms with Gasteiger partial charge in [0.25, 0.3) is 0 Å². The maximum Gasteiger partial charge on any atom is 0.166 e. The van der Waals surface area contributed by atoms with Crippen molar-refractivity contribution in [2.24, 2.45) is 0 Å². The molecule has 1 aliphatic rings. The van der Waals surface area contributed by atoms with Crippen LogP contribution in [0.15, 0.2) is 54.9 Å². The lowest BCUT2D eigenvalue weighted by molar-refractivity contribution is 0.0988. The molecule has 0 unspecified atom stereocenters. The summed E-state index contributed by atoms with van der Waals surface area (Å²) in [6.07, 6.45) is 1.80. The fourth-order valence-electron chi connectivity index (χ4n) is 3.16. The van der Waals surface area contributed by atoms with Gasteiger partial charge in [-0.15, -0.1) is 0 Å². The minimum atomic E-state index is -0.474. The van der Waals surface area contributed by atoms with Gasteiger partial charge in [0.05, 0.1) is 13.1 Å². The van der Waals surface area contributed by atoms with E-state index < -0.39 is 5.82 Å². The number of benzene rings is 2. The highest BCUT2D eigenvalue weighted by Gasteiger charge is 2.30. The second-order valence-electron chi connectivity index (χ2n) is 6.96. The summed E-state index contributed by atoms with van der Waals surface area (Å²) < 4.78 is 19.6. The van der Waals surface area contributed by atoms with Gasteiger partial charge in [-0.2, -0.15) is 0 Å². The third-order valence-corrected chi connectivity index (χ3v) is 5.03. The topological polar surface area (TPSA) is 67.4 Å². The van der Waals surface area contributed by atoms with E-state index in [1.54, 1.807) is 12.1 Å². The molecule has 6 nitrogen and oxygen atoms in total. The third kappa shape index (κ3) is 4.52. The molecule has 4 rings (SSSR count). The molecule has 154 valence electrons. The molecule has 2 aromatic carbocycles. The highest BCUT2D eigenvalue weighted by molar-refractivity contribution is 6.30. The van der Waals surface area contributed by atoms with Crippen molar-refractivity contribution in [2.75, 3.05) is 23.3 Å². The van der Waals surface area contributed by atoms with Gasteiger partial charge in [0, 0.05) is 28.8 Å². The zero-order valence-electron chi connectivity index (χ0n) is 16.3. The first-order chi connectivity index (χ1) is 14.5. The van der Waals surface area contributed by atoms with Gasteiger partial charge in [-0.05, 0) is 30.3 Å². The number of carbonyl (C=O) groups is 1. The lowest BCUT2D eigenvalue weighted by Gasteiger charge is -2.39. The van der Waals surface area contributed by atoms with Crippen molar-refractivity contribution >= 4 is 34.7 Å². The van der Waals surface area contributed by atoms with Gasteiger partial charge >= 0.3 is 0 Å². The van der Waals surface area contributed by atoms with Crippen LogP contribution < -0.4 is 15.0 Å². The van der Waals surface area contributed by atoms with Crippen molar-refractivity contribution in [1.82, 2.24) is 9.97 Å². The Hall–Kier alpha value is -3.19. The Morgan fingerprint density at radius 3 is 2.83 bits per heavy atom. The molecule has 2 heterocycles.